The smallest absolute Gasteiger partial charge is 0.107 e. The molecule has 2 N–H and O–H groups in total. The van der Waals surface area contributed by atoms with E-state index in [0.29, 0.717) is 5.92 Å². The molecule has 1 fully saturated rings. The van der Waals surface area contributed by atoms with Crippen molar-refractivity contribution in [2.24, 2.45) is 11.1 Å². The fourth-order valence-electron chi connectivity index (χ4n) is 1.74. The Kier molecular flexibility index (Phi) is 2.27. The van der Waals surface area contributed by atoms with Crippen molar-refractivity contribution < 1.29 is 0 Å². The molecule has 1 heterocycles. The van der Waals surface area contributed by atoms with Crippen molar-refractivity contribution in [3.63, 3.8) is 0 Å². The quantitative estimate of drug-likeness (QED) is 0.835. The van der Waals surface area contributed by atoms with Crippen molar-refractivity contribution in [1.29, 1.82) is 0 Å². The highest BCUT2D eigenvalue weighted by atomic mass is 79.9. The molecule has 1 saturated carbocycles. The molecule has 0 spiro atoms. The van der Waals surface area contributed by atoms with Crippen LogP contribution in [0.2, 0.25) is 4.34 Å². The van der Waals surface area contributed by atoms with Gasteiger partial charge in [-0.25, -0.2) is 0 Å². The first-order valence-corrected chi connectivity index (χ1v) is 6.13. The van der Waals surface area contributed by atoms with Crippen LogP contribution in [0.4, 0.5) is 0 Å². The van der Waals surface area contributed by atoms with E-state index in [0.717, 1.165) is 8.81 Å². The van der Waals surface area contributed by atoms with Gasteiger partial charge in [0.15, 0.2) is 0 Å². The molecule has 2 atom stereocenters. The molecule has 72 valence electrons. The Morgan fingerprint density at radius 2 is 2.15 bits per heavy atom. The van der Waals surface area contributed by atoms with E-state index in [1.165, 1.54) is 4.88 Å². The van der Waals surface area contributed by atoms with Crippen LogP contribution in [0.1, 0.15) is 24.6 Å². The average Bonchev–Trinajstić information content (AvgIpc) is 2.34. The van der Waals surface area contributed by atoms with Gasteiger partial charge in [0.05, 0.1) is 0 Å². The molecule has 1 aliphatic rings. The van der Waals surface area contributed by atoms with Gasteiger partial charge >= 0.3 is 0 Å². The number of halogens is 2. The second-order valence-electron chi connectivity index (χ2n) is 4.10. The zero-order chi connectivity index (χ0) is 9.80. The lowest BCUT2D eigenvalue weighted by Gasteiger charge is -1.97. The topological polar surface area (TPSA) is 26.0 Å². The molecule has 0 radical (unpaired) electrons. The zero-order valence-electron chi connectivity index (χ0n) is 7.47. The summed E-state index contributed by atoms with van der Waals surface area (Å²) >= 11 is 11.0. The highest BCUT2D eigenvalue weighted by molar-refractivity contribution is 9.10. The fourth-order valence-corrected chi connectivity index (χ4v) is 3.82. The van der Waals surface area contributed by atoms with E-state index in [1.54, 1.807) is 11.3 Å². The summed E-state index contributed by atoms with van der Waals surface area (Å²) in [7, 11) is 0. The predicted octanol–water partition coefficient (Wildman–Crippen LogP) is 3.61. The molecule has 0 saturated heterocycles. The number of rotatable bonds is 1. The molecular formula is C9H11BrClNS. The van der Waals surface area contributed by atoms with Gasteiger partial charge in [0.25, 0.3) is 0 Å². The Hall–Kier alpha value is 0.430. The Bertz CT molecular complexity index is 328. The third kappa shape index (κ3) is 1.46. The first kappa shape index (κ1) is 9.97. The summed E-state index contributed by atoms with van der Waals surface area (Å²) in [6.45, 7) is 4.40. The van der Waals surface area contributed by atoms with E-state index < -0.39 is 0 Å². The molecule has 1 aliphatic carbocycles. The molecule has 0 aromatic carbocycles. The van der Waals surface area contributed by atoms with Crippen LogP contribution in [0.3, 0.4) is 0 Å². The second-order valence-corrected chi connectivity index (χ2v) is 6.64. The van der Waals surface area contributed by atoms with Crippen molar-refractivity contribution in [2.75, 3.05) is 0 Å². The Morgan fingerprint density at radius 1 is 1.62 bits per heavy atom. The summed E-state index contributed by atoms with van der Waals surface area (Å²) < 4.78 is 1.81. The van der Waals surface area contributed by atoms with E-state index in [1.807, 2.05) is 0 Å². The number of hydrogen-bond donors (Lipinski definition) is 1. The largest absolute Gasteiger partial charge is 0.327 e. The molecule has 0 bridgehead atoms. The van der Waals surface area contributed by atoms with E-state index in [4.69, 9.17) is 17.3 Å². The van der Waals surface area contributed by atoms with Crippen LogP contribution in [-0.4, -0.2) is 6.04 Å². The molecule has 0 aliphatic heterocycles. The van der Waals surface area contributed by atoms with E-state index in [9.17, 15) is 0 Å². The SMILES string of the molecule is CC1(C)[C@H](N)[C@H]1c1cc(Br)c(Cl)s1. The molecule has 0 amide bonds. The molecule has 1 aromatic rings. The molecule has 1 aromatic heterocycles. The maximum Gasteiger partial charge on any atom is 0.107 e. The van der Waals surface area contributed by atoms with Gasteiger partial charge in [0, 0.05) is 21.3 Å². The van der Waals surface area contributed by atoms with Crippen LogP contribution in [0.5, 0.6) is 0 Å². The van der Waals surface area contributed by atoms with Gasteiger partial charge in [0.1, 0.15) is 4.34 Å². The van der Waals surface area contributed by atoms with E-state index in [-0.39, 0.29) is 11.5 Å². The van der Waals surface area contributed by atoms with Gasteiger partial charge in [0.2, 0.25) is 0 Å². The van der Waals surface area contributed by atoms with Crippen molar-refractivity contribution >= 4 is 38.9 Å². The Labute approximate surface area is 95.4 Å². The van der Waals surface area contributed by atoms with Gasteiger partial charge in [-0.15, -0.1) is 11.3 Å². The molecule has 0 unspecified atom stereocenters. The van der Waals surface area contributed by atoms with Crippen molar-refractivity contribution in [3.05, 3.63) is 19.8 Å². The summed E-state index contributed by atoms with van der Waals surface area (Å²) in [6, 6.07) is 2.38. The molecule has 4 heteroatoms. The van der Waals surface area contributed by atoms with Crippen LogP contribution >= 0.6 is 38.9 Å². The Morgan fingerprint density at radius 3 is 2.46 bits per heavy atom. The average molecular weight is 281 g/mol. The van der Waals surface area contributed by atoms with Crippen LogP contribution in [0.25, 0.3) is 0 Å². The van der Waals surface area contributed by atoms with Crippen LogP contribution in [0.15, 0.2) is 10.5 Å². The van der Waals surface area contributed by atoms with Gasteiger partial charge in [-0.1, -0.05) is 25.4 Å². The lowest BCUT2D eigenvalue weighted by Crippen LogP contribution is -2.06. The first-order valence-electron chi connectivity index (χ1n) is 4.15. The summed E-state index contributed by atoms with van der Waals surface area (Å²) in [5.74, 6) is 0.487. The standard InChI is InChI=1S/C9H11BrClNS/c1-9(2)6(7(9)12)5-3-4(10)8(11)13-5/h3,6-7H,12H2,1-2H3/t6-,7-/m1/s1. The molecule has 2 rings (SSSR count). The number of nitrogens with two attached hydrogens (primary N) is 1. The fraction of sp³-hybridized carbons (Fsp3) is 0.556. The van der Waals surface area contributed by atoms with Gasteiger partial charge < -0.3 is 5.73 Å². The summed E-state index contributed by atoms with van der Waals surface area (Å²) in [4.78, 5) is 1.30. The van der Waals surface area contributed by atoms with Gasteiger partial charge in [-0.3, -0.25) is 0 Å². The normalized spacial score (nSPS) is 30.5. The second kappa shape index (κ2) is 2.96. The lowest BCUT2D eigenvalue weighted by atomic mass is 10.1. The van der Waals surface area contributed by atoms with Crippen LogP contribution < -0.4 is 5.73 Å². The highest BCUT2D eigenvalue weighted by Crippen LogP contribution is 2.59. The maximum absolute atomic E-state index is 5.98. The maximum atomic E-state index is 5.98. The van der Waals surface area contributed by atoms with Crippen molar-refractivity contribution in [2.45, 2.75) is 25.8 Å². The van der Waals surface area contributed by atoms with Crippen LogP contribution in [0, 0.1) is 5.41 Å². The third-order valence-electron chi connectivity index (χ3n) is 2.88. The summed E-state index contributed by atoms with van der Waals surface area (Å²) in [5.41, 5.74) is 6.23. The first-order chi connectivity index (χ1) is 5.94. The lowest BCUT2D eigenvalue weighted by molar-refractivity contribution is 0.601. The zero-order valence-corrected chi connectivity index (χ0v) is 10.6. The minimum atomic E-state index is 0.244. The van der Waals surface area contributed by atoms with Gasteiger partial charge in [-0.2, -0.15) is 0 Å². The van der Waals surface area contributed by atoms with Crippen molar-refractivity contribution in [1.82, 2.24) is 0 Å². The number of thiophene rings is 1. The molecule has 1 nitrogen and oxygen atoms in total. The van der Waals surface area contributed by atoms with Crippen LogP contribution in [-0.2, 0) is 0 Å². The minimum Gasteiger partial charge on any atom is -0.327 e. The highest BCUT2D eigenvalue weighted by Gasteiger charge is 2.56. The number of hydrogen-bond acceptors (Lipinski definition) is 2. The van der Waals surface area contributed by atoms with Gasteiger partial charge in [-0.05, 0) is 27.4 Å². The Balaban J connectivity index is 2.29. The predicted molar refractivity (Wildman–Crippen MR) is 61.5 cm³/mol. The molecule has 13 heavy (non-hydrogen) atoms. The third-order valence-corrected chi connectivity index (χ3v) is 5.44. The van der Waals surface area contributed by atoms with Crippen molar-refractivity contribution in [3.8, 4) is 0 Å². The molecular weight excluding hydrogens is 270 g/mol. The van der Waals surface area contributed by atoms with E-state index >= 15 is 0 Å². The summed E-state index contributed by atoms with van der Waals surface area (Å²) in [5, 5.41) is 0. The van der Waals surface area contributed by atoms with E-state index in [2.05, 4.69) is 35.8 Å². The minimum absolute atomic E-state index is 0.244. The monoisotopic (exact) mass is 279 g/mol. The summed E-state index contributed by atoms with van der Waals surface area (Å²) in [6.07, 6.45) is 0.